The number of methoxy groups -OCH3 is 1. The number of benzene rings is 1. The normalized spacial score (nSPS) is 19.0. The summed E-state index contributed by atoms with van der Waals surface area (Å²) in [7, 11) is 1.29. The predicted octanol–water partition coefficient (Wildman–Crippen LogP) is 4.85. The van der Waals surface area contributed by atoms with Gasteiger partial charge in [0.05, 0.1) is 18.4 Å². The Balaban J connectivity index is 1.65. The van der Waals surface area contributed by atoms with Crippen LogP contribution in [0.4, 0.5) is 5.69 Å². The van der Waals surface area contributed by atoms with Gasteiger partial charge in [-0.05, 0) is 37.7 Å². The molecule has 3 aromatic rings. The number of nitrogens with zero attached hydrogens (tertiary/aromatic N) is 2. The van der Waals surface area contributed by atoms with Crippen molar-refractivity contribution in [1.82, 2.24) is 9.97 Å². The van der Waals surface area contributed by atoms with Crippen LogP contribution in [0.25, 0.3) is 11.1 Å². The molecule has 0 bridgehead atoms. The molecule has 1 fully saturated rings. The van der Waals surface area contributed by atoms with E-state index in [0.29, 0.717) is 22.9 Å². The van der Waals surface area contributed by atoms with Crippen molar-refractivity contribution in [3.63, 3.8) is 0 Å². The van der Waals surface area contributed by atoms with Crippen molar-refractivity contribution in [2.24, 2.45) is 5.92 Å². The molecule has 1 aliphatic carbocycles. The van der Waals surface area contributed by atoms with Gasteiger partial charge in [0.25, 0.3) is 5.91 Å². The molecule has 1 amide bonds. The first-order chi connectivity index (χ1) is 14.5. The lowest BCUT2D eigenvalue weighted by Gasteiger charge is -2.25. The number of carbonyl (C=O) groups is 2. The summed E-state index contributed by atoms with van der Waals surface area (Å²) in [4.78, 5) is 33.5. The van der Waals surface area contributed by atoms with Gasteiger partial charge >= 0.3 is 5.97 Å². The van der Waals surface area contributed by atoms with Crippen molar-refractivity contribution in [2.45, 2.75) is 51.9 Å². The van der Waals surface area contributed by atoms with E-state index in [2.05, 4.69) is 22.2 Å². The minimum absolute atomic E-state index is 0.120. The zero-order valence-electron chi connectivity index (χ0n) is 17.4. The van der Waals surface area contributed by atoms with Gasteiger partial charge in [-0.2, -0.15) is 0 Å². The molecule has 0 saturated heterocycles. The van der Waals surface area contributed by atoms with E-state index < -0.39 is 11.9 Å². The minimum atomic E-state index is -0.573. The molecule has 1 aromatic carbocycles. The molecule has 1 saturated carbocycles. The number of rotatable bonds is 5. The van der Waals surface area contributed by atoms with Gasteiger partial charge in [-0.25, -0.2) is 14.8 Å². The fraction of sp³-hybridized carbons (Fsp3) is 0.455. The summed E-state index contributed by atoms with van der Waals surface area (Å²) in [6, 6.07) is 3.20. The lowest BCUT2D eigenvalue weighted by molar-refractivity contribution is 0.0602. The summed E-state index contributed by atoms with van der Waals surface area (Å²) < 4.78 is 16.0. The largest absolute Gasteiger partial charge is 0.465 e. The Hall–Kier alpha value is -3.16. The van der Waals surface area contributed by atoms with Crippen LogP contribution in [0.5, 0.6) is 0 Å². The van der Waals surface area contributed by atoms with Crippen LogP contribution >= 0.6 is 0 Å². The van der Waals surface area contributed by atoms with Crippen molar-refractivity contribution in [2.75, 3.05) is 12.4 Å². The van der Waals surface area contributed by atoms with Gasteiger partial charge in [-0.15, -0.1) is 0 Å². The maximum absolute atomic E-state index is 12.5. The van der Waals surface area contributed by atoms with Crippen LogP contribution in [0.2, 0.25) is 0 Å². The lowest BCUT2D eigenvalue weighted by atomic mass is 9.81. The first kappa shape index (κ1) is 20.1. The Morgan fingerprint density at radius 1 is 1.20 bits per heavy atom. The average molecular weight is 411 g/mol. The van der Waals surface area contributed by atoms with Crippen LogP contribution in [0.3, 0.4) is 0 Å². The highest BCUT2D eigenvalue weighted by Gasteiger charge is 2.26. The number of oxazole rings is 2. The van der Waals surface area contributed by atoms with E-state index in [0.717, 1.165) is 18.8 Å². The molecule has 8 heteroatoms. The van der Waals surface area contributed by atoms with Crippen LogP contribution < -0.4 is 5.32 Å². The molecule has 0 unspecified atom stereocenters. The second-order valence-corrected chi connectivity index (χ2v) is 7.74. The highest BCUT2D eigenvalue weighted by Crippen LogP contribution is 2.38. The maximum Gasteiger partial charge on any atom is 0.340 e. The quantitative estimate of drug-likeness (QED) is 0.598. The SMILES string of the molecule is CC[C@H]1CC[C@H](c2nc3cc(C(=O)OC)c(NC(=O)c4coc(C)n4)cc3o2)CC1. The van der Waals surface area contributed by atoms with Crippen LogP contribution in [0, 0.1) is 12.8 Å². The second kappa shape index (κ2) is 8.30. The zero-order valence-corrected chi connectivity index (χ0v) is 17.4. The van der Waals surface area contributed by atoms with Crippen LogP contribution in [-0.4, -0.2) is 29.0 Å². The molecule has 0 radical (unpaired) electrons. The van der Waals surface area contributed by atoms with E-state index >= 15 is 0 Å². The summed E-state index contributed by atoms with van der Waals surface area (Å²) in [6.45, 7) is 3.88. The van der Waals surface area contributed by atoms with Crippen molar-refractivity contribution in [3.8, 4) is 0 Å². The fourth-order valence-corrected chi connectivity index (χ4v) is 4.02. The number of anilines is 1. The number of carbonyl (C=O) groups excluding carboxylic acids is 2. The third-order valence-electron chi connectivity index (χ3n) is 5.82. The predicted molar refractivity (Wildman–Crippen MR) is 110 cm³/mol. The molecule has 0 aliphatic heterocycles. The van der Waals surface area contributed by atoms with Gasteiger partial charge in [0.1, 0.15) is 11.8 Å². The molecular weight excluding hydrogens is 386 g/mol. The number of nitrogens with one attached hydrogen (secondary N) is 1. The smallest absolute Gasteiger partial charge is 0.340 e. The van der Waals surface area contributed by atoms with Gasteiger partial charge in [-0.1, -0.05) is 13.3 Å². The third-order valence-corrected chi connectivity index (χ3v) is 5.82. The topological polar surface area (TPSA) is 107 Å². The molecule has 2 aromatic heterocycles. The molecule has 0 atom stereocenters. The number of hydrogen-bond donors (Lipinski definition) is 1. The Labute approximate surface area is 174 Å². The van der Waals surface area contributed by atoms with Gasteiger partial charge in [0, 0.05) is 18.9 Å². The molecule has 1 N–H and O–H groups in total. The van der Waals surface area contributed by atoms with Crippen LogP contribution in [0.15, 0.2) is 27.2 Å². The number of esters is 1. The molecule has 1 aliphatic rings. The molecule has 158 valence electrons. The number of ether oxygens (including phenoxy) is 1. The number of aromatic nitrogens is 2. The van der Waals surface area contributed by atoms with Crippen LogP contribution in [-0.2, 0) is 4.74 Å². The van der Waals surface area contributed by atoms with Crippen molar-refractivity contribution in [3.05, 3.63) is 41.4 Å². The molecule has 8 nitrogen and oxygen atoms in total. The van der Waals surface area contributed by atoms with Crippen LogP contribution in [0.1, 0.15) is 77.6 Å². The Morgan fingerprint density at radius 3 is 2.60 bits per heavy atom. The highest BCUT2D eigenvalue weighted by molar-refractivity contribution is 6.08. The standard InChI is InChI=1S/C22H25N3O5/c1-4-13-5-7-14(8-6-13)21-25-17-9-15(22(27)28-3)16(10-19(17)30-21)24-20(26)18-11-29-12(2)23-18/h9-11,13-14H,4-8H2,1-3H3,(H,24,26)/t13-,14-. The first-order valence-electron chi connectivity index (χ1n) is 10.2. The fourth-order valence-electron chi connectivity index (χ4n) is 4.02. The summed E-state index contributed by atoms with van der Waals surface area (Å²) in [5, 5.41) is 2.70. The monoisotopic (exact) mass is 411 g/mol. The van der Waals surface area contributed by atoms with E-state index in [1.807, 2.05) is 0 Å². The van der Waals surface area contributed by atoms with Gasteiger partial charge in [-0.3, -0.25) is 4.79 Å². The summed E-state index contributed by atoms with van der Waals surface area (Å²) >= 11 is 0. The van der Waals surface area contributed by atoms with Crippen molar-refractivity contribution in [1.29, 1.82) is 0 Å². The zero-order chi connectivity index (χ0) is 21.3. The Morgan fingerprint density at radius 2 is 1.97 bits per heavy atom. The van der Waals surface area contributed by atoms with Crippen molar-refractivity contribution < 1.29 is 23.2 Å². The summed E-state index contributed by atoms with van der Waals surface area (Å²) in [5.41, 5.74) is 1.68. The van der Waals surface area contributed by atoms with Crippen molar-refractivity contribution >= 4 is 28.7 Å². The number of hydrogen-bond acceptors (Lipinski definition) is 7. The van der Waals surface area contributed by atoms with Gasteiger partial charge in [0.15, 0.2) is 23.1 Å². The molecular formula is C22H25N3O5. The summed E-state index contributed by atoms with van der Waals surface area (Å²) in [6.07, 6.45) is 6.91. The van der Waals surface area contributed by atoms with E-state index in [1.54, 1.807) is 19.1 Å². The molecule has 30 heavy (non-hydrogen) atoms. The summed E-state index contributed by atoms with van der Waals surface area (Å²) in [5.74, 6) is 1.05. The van der Waals surface area contributed by atoms with Gasteiger partial charge in [0.2, 0.25) is 0 Å². The number of amides is 1. The van der Waals surface area contributed by atoms with E-state index in [-0.39, 0.29) is 22.9 Å². The molecule has 2 heterocycles. The lowest BCUT2D eigenvalue weighted by Crippen LogP contribution is -2.15. The number of fused-ring (bicyclic) bond motifs is 1. The Kier molecular flexibility index (Phi) is 5.57. The third kappa shape index (κ3) is 3.94. The minimum Gasteiger partial charge on any atom is -0.465 e. The van der Waals surface area contributed by atoms with E-state index in [1.165, 1.54) is 32.6 Å². The van der Waals surface area contributed by atoms with E-state index in [4.69, 9.17) is 13.6 Å². The molecule has 4 rings (SSSR count). The van der Waals surface area contributed by atoms with Gasteiger partial charge < -0.3 is 18.9 Å². The first-order valence-corrected chi connectivity index (χ1v) is 10.2. The number of aryl methyl sites for hydroxylation is 1. The second-order valence-electron chi connectivity index (χ2n) is 7.74. The maximum atomic E-state index is 12.5. The average Bonchev–Trinajstić information content (AvgIpc) is 3.38. The van der Waals surface area contributed by atoms with E-state index in [9.17, 15) is 9.59 Å². The highest BCUT2D eigenvalue weighted by atomic mass is 16.5. The molecule has 0 spiro atoms. The Bertz CT molecular complexity index is 1080.